The lowest BCUT2D eigenvalue weighted by Gasteiger charge is -2.34. The van der Waals surface area contributed by atoms with Gasteiger partial charge in [-0.15, -0.1) is 24.0 Å². The summed E-state index contributed by atoms with van der Waals surface area (Å²) in [7, 11) is 3.54. The summed E-state index contributed by atoms with van der Waals surface area (Å²) in [4.78, 5) is 21.1. The van der Waals surface area contributed by atoms with E-state index in [1.54, 1.807) is 19.0 Å². The van der Waals surface area contributed by atoms with Gasteiger partial charge in [0.25, 0.3) is 5.91 Å². The molecule has 0 bridgehead atoms. The third kappa shape index (κ3) is 8.60. The zero-order chi connectivity index (χ0) is 21.9. The summed E-state index contributed by atoms with van der Waals surface area (Å²) >= 11 is 0. The smallest absolute Gasteiger partial charge is 0.253 e. The van der Waals surface area contributed by atoms with Gasteiger partial charge in [0.05, 0.1) is 6.54 Å². The van der Waals surface area contributed by atoms with Gasteiger partial charge in [0.15, 0.2) is 5.96 Å². The highest BCUT2D eigenvalue weighted by atomic mass is 127. The van der Waals surface area contributed by atoms with Gasteiger partial charge in [-0.05, 0) is 56.5 Å². The molecule has 1 aliphatic heterocycles. The van der Waals surface area contributed by atoms with E-state index in [2.05, 4.69) is 36.3 Å². The first-order valence-electron chi connectivity index (χ1n) is 11.6. The predicted octanol–water partition coefficient (Wildman–Crippen LogP) is 3.96. The molecule has 1 aromatic rings. The number of halogens is 1. The van der Waals surface area contributed by atoms with E-state index in [9.17, 15) is 4.79 Å². The van der Waals surface area contributed by atoms with E-state index < -0.39 is 0 Å². The number of nitrogens with zero attached hydrogens (tertiary/aromatic N) is 3. The zero-order valence-electron chi connectivity index (χ0n) is 20.0. The van der Waals surface area contributed by atoms with Gasteiger partial charge in [-0.3, -0.25) is 9.69 Å². The summed E-state index contributed by atoms with van der Waals surface area (Å²) < 4.78 is 0. The number of carbonyl (C=O) groups excluding carboxylic acids is 1. The summed E-state index contributed by atoms with van der Waals surface area (Å²) in [6.07, 6.45) is 5.06. The van der Waals surface area contributed by atoms with Gasteiger partial charge in [-0.25, -0.2) is 4.99 Å². The van der Waals surface area contributed by atoms with E-state index >= 15 is 0 Å². The van der Waals surface area contributed by atoms with Gasteiger partial charge >= 0.3 is 0 Å². The minimum absolute atomic E-state index is 0. The molecule has 31 heavy (non-hydrogen) atoms. The van der Waals surface area contributed by atoms with Crippen LogP contribution in [0.25, 0.3) is 0 Å². The van der Waals surface area contributed by atoms with Gasteiger partial charge in [0, 0.05) is 38.8 Å². The second kappa shape index (κ2) is 14.7. The third-order valence-corrected chi connectivity index (χ3v) is 6.05. The van der Waals surface area contributed by atoms with Crippen molar-refractivity contribution in [2.45, 2.75) is 59.0 Å². The molecule has 1 aliphatic rings. The van der Waals surface area contributed by atoms with E-state index in [0.717, 1.165) is 24.6 Å². The Morgan fingerprint density at radius 3 is 2.19 bits per heavy atom. The normalized spacial score (nSPS) is 15.5. The van der Waals surface area contributed by atoms with Crippen LogP contribution in [-0.2, 0) is 6.54 Å². The van der Waals surface area contributed by atoms with Gasteiger partial charge in [-0.1, -0.05) is 38.8 Å². The SMILES string of the molecule is CCNC(=NCc1ccc(C(=O)N(C)C)cc1)NCC(C(CC)CC)N1CCCC1.I. The van der Waals surface area contributed by atoms with E-state index in [4.69, 9.17) is 4.99 Å². The third-order valence-electron chi connectivity index (χ3n) is 6.05. The van der Waals surface area contributed by atoms with Crippen LogP contribution >= 0.6 is 24.0 Å². The standard InChI is InChI=1S/C24H41N5O.HI/c1-6-20(7-2)22(29-15-9-10-16-29)18-27-24(25-8-3)26-17-19-11-13-21(14-12-19)23(30)28(4)5;/h11-14,20,22H,6-10,15-18H2,1-5H3,(H2,25,26,27);1H. The molecular formula is C24H42IN5O. The molecule has 0 aromatic heterocycles. The Labute approximate surface area is 206 Å². The second-order valence-electron chi connectivity index (χ2n) is 8.36. The zero-order valence-corrected chi connectivity index (χ0v) is 22.3. The minimum atomic E-state index is 0. The van der Waals surface area contributed by atoms with Crippen molar-refractivity contribution in [1.29, 1.82) is 0 Å². The van der Waals surface area contributed by atoms with Crippen LogP contribution in [0.4, 0.5) is 0 Å². The quantitative estimate of drug-likeness (QED) is 0.267. The molecule has 6 nitrogen and oxygen atoms in total. The minimum Gasteiger partial charge on any atom is -0.357 e. The molecule has 0 aliphatic carbocycles. The van der Waals surface area contributed by atoms with Crippen molar-refractivity contribution < 1.29 is 4.79 Å². The maximum Gasteiger partial charge on any atom is 0.253 e. The number of rotatable bonds is 10. The van der Waals surface area contributed by atoms with E-state index in [-0.39, 0.29) is 29.9 Å². The van der Waals surface area contributed by atoms with Crippen molar-refractivity contribution in [2.24, 2.45) is 10.9 Å². The Morgan fingerprint density at radius 1 is 1.06 bits per heavy atom. The Balaban J connectivity index is 0.00000480. The molecule has 1 atom stereocenters. The molecule has 1 amide bonds. The number of likely N-dealkylation sites (tertiary alicyclic amines) is 1. The Morgan fingerprint density at radius 2 is 1.68 bits per heavy atom. The molecule has 2 rings (SSSR count). The van der Waals surface area contributed by atoms with Gasteiger partial charge in [0.2, 0.25) is 0 Å². The van der Waals surface area contributed by atoms with Gasteiger partial charge < -0.3 is 15.5 Å². The highest BCUT2D eigenvalue weighted by Gasteiger charge is 2.27. The van der Waals surface area contributed by atoms with Crippen molar-refractivity contribution in [3.05, 3.63) is 35.4 Å². The molecular weight excluding hydrogens is 501 g/mol. The largest absolute Gasteiger partial charge is 0.357 e. The summed E-state index contributed by atoms with van der Waals surface area (Å²) in [5, 5.41) is 6.98. The van der Waals surface area contributed by atoms with Crippen LogP contribution in [-0.4, -0.2) is 68.0 Å². The van der Waals surface area contributed by atoms with E-state index in [1.807, 2.05) is 24.3 Å². The molecule has 7 heteroatoms. The topological polar surface area (TPSA) is 60.0 Å². The average molecular weight is 544 g/mol. The lowest BCUT2D eigenvalue weighted by molar-refractivity contribution is 0.0827. The van der Waals surface area contributed by atoms with Crippen molar-refractivity contribution >= 4 is 35.8 Å². The number of aliphatic imine (C=N–C) groups is 1. The van der Waals surface area contributed by atoms with Crippen molar-refractivity contribution in [2.75, 3.05) is 40.3 Å². The fourth-order valence-corrected chi connectivity index (χ4v) is 4.22. The first-order valence-corrected chi connectivity index (χ1v) is 11.6. The monoisotopic (exact) mass is 543 g/mol. The highest BCUT2D eigenvalue weighted by molar-refractivity contribution is 14.0. The molecule has 1 fully saturated rings. The van der Waals surface area contributed by atoms with Gasteiger partial charge in [0.1, 0.15) is 0 Å². The molecule has 0 saturated carbocycles. The summed E-state index contributed by atoms with van der Waals surface area (Å²) in [5.41, 5.74) is 1.80. The number of nitrogens with one attached hydrogen (secondary N) is 2. The number of hydrogen-bond donors (Lipinski definition) is 2. The van der Waals surface area contributed by atoms with Crippen molar-refractivity contribution in [3.8, 4) is 0 Å². The molecule has 0 radical (unpaired) electrons. The number of amides is 1. The number of carbonyl (C=O) groups is 1. The summed E-state index contributed by atoms with van der Waals surface area (Å²) in [5.74, 6) is 1.59. The van der Waals surface area contributed by atoms with Crippen molar-refractivity contribution in [1.82, 2.24) is 20.4 Å². The molecule has 0 spiro atoms. The summed E-state index contributed by atoms with van der Waals surface area (Å²) in [6.45, 7) is 11.5. The van der Waals surface area contributed by atoms with Crippen LogP contribution in [0.5, 0.6) is 0 Å². The van der Waals surface area contributed by atoms with Crippen molar-refractivity contribution in [3.63, 3.8) is 0 Å². The number of hydrogen-bond acceptors (Lipinski definition) is 3. The van der Waals surface area contributed by atoms with Gasteiger partial charge in [-0.2, -0.15) is 0 Å². The lowest BCUT2D eigenvalue weighted by Crippen LogP contribution is -2.49. The molecule has 1 heterocycles. The lowest BCUT2D eigenvalue weighted by atomic mass is 9.93. The average Bonchev–Trinajstić information content (AvgIpc) is 3.29. The molecule has 176 valence electrons. The molecule has 1 saturated heterocycles. The first-order chi connectivity index (χ1) is 14.5. The predicted molar refractivity (Wildman–Crippen MR) is 141 cm³/mol. The molecule has 1 unspecified atom stereocenters. The fraction of sp³-hybridized carbons (Fsp3) is 0.667. The van der Waals surface area contributed by atoms with E-state index in [1.165, 1.54) is 38.8 Å². The molecule has 2 N–H and O–H groups in total. The van der Waals surface area contributed by atoms with E-state index in [0.29, 0.717) is 24.1 Å². The maximum atomic E-state index is 12.0. The maximum absolute atomic E-state index is 12.0. The van der Waals surface area contributed by atoms with Crippen LogP contribution in [0.3, 0.4) is 0 Å². The van der Waals surface area contributed by atoms with Crippen LogP contribution in [0.1, 0.15) is 62.4 Å². The Kier molecular flexibility index (Phi) is 13.1. The summed E-state index contributed by atoms with van der Waals surface area (Å²) in [6, 6.07) is 8.29. The van der Waals surface area contributed by atoms with Crippen LogP contribution in [0, 0.1) is 5.92 Å². The Hall–Kier alpha value is -1.35. The number of guanidine groups is 1. The van der Waals surface area contributed by atoms with Crippen LogP contribution in [0.2, 0.25) is 0 Å². The fourth-order valence-electron chi connectivity index (χ4n) is 4.22. The van der Waals surface area contributed by atoms with Crippen LogP contribution < -0.4 is 10.6 Å². The van der Waals surface area contributed by atoms with Crippen LogP contribution in [0.15, 0.2) is 29.3 Å². The number of benzene rings is 1. The highest BCUT2D eigenvalue weighted by Crippen LogP contribution is 2.22. The Bertz CT molecular complexity index is 665. The molecule has 1 aromatic carbocycles. The second-order valence-corrected chi connectivity index (χ2v) is 8.36. The first kappa shape index (κ1) is 27.7.